The van der Waals surface area contributed by atoms with Crippen molar-refractivity contribution in [3.8, 4) is 0 Å². The van der Waals surface area contributed by atoms with Gasteiger partial charge in [-0.1, -0.05) is 6.92 Å². The summed E-state index contributed by atoms with van der Waals surface area (Å²) in [6.07, 6.45) is 0.627. The minimum Gasteiger partial charge on any atom is -0.480 e. The molecular formula is C5H9NO2. The van der Waals surface area contributed by atoms with Crippen LogP contribution in [0.5, 0.6) is 0 Å². The topological polar surface area (TPSA) is 63.3 Å². The molecule has 0 aromatic heterocycles. The zero-order valence-corrected chi connectivity index (χ0v) is 4.72. The normalized spacial score (nSPS) is 44.0. The molecule has 46 valence electrons. The molecule has 0 bridgehead atoms. The van der Waals surface area contributed by atoms with E-state index in [0.29, 0.717) is 6.42 Å². The molecule has 1 unspecified atom stereocenters. The van der Waals surface area contributed by atoms with Gasteiger partial charge in [-0.15, -0.1) is 0 Å². The molecule has 3 heteroatoms. The highest BCUT2D eigenvalue weighted by molar-refractivity contribution is 5.82. The first kappa shape index (κ1) is 5.56. The lowest BCUT2D eigenvalue weighted by Crippen LogP contribution is -2.34. The Balaban J connectivity index is 2.60. The maximum absolute atomic E-state index is 10.2. The second-order valence-corrected chi connectivity index (χ2v) is 2.45. The minimum atomic E-state index is -0.875. The van der Waals surface area contributed by atoms with Crippen molar-refractivity contribution in [1.82, 2.24) is 0 Å². The molecule has 0 radical (unpaired) electrons. The van der Waals surface area contributed by atoms with Crippen LogP contribution in [0.4, 0.5) is 0 Å². The van der Waals surface area contributed by atoms with Gasteiger partial charge in [0.25, 0.3) is 0 Å². The highest BCUT2D eigenvalue weighted by Gasteiger charge is 2.54. The van der Waals surface area contributed by atoms with Crippen LogP contribution in [0.2, 0.25) is 0 Å². The summed E-state index contributed by atoms with van der Waals surface area (Å²) in [5.41, 5.74) is 4.46. The first-order chi connectivity index (χ1) is 3.57. The van der Waals surface area contributed by atoms with Crippen LogP contribution in [-0.2, 0) is 4.79 Å². The zero-order chi connectivity index (χ0) is 6.36. The molecule has 0 aromatic carbocycles. The summed E-state index contributed by atoms with van der Waals surface area (Å²) < 4.78 is 0. The van der Waals surface area contributed by atoms with Crippen LogP contribution in [0, 0.1) is 5.92 Å². The molecule has 1 fully saturated rings. The molecule has 1 aliphatic rings. The highest BCUT2D eigenvalue weighted by Crippen LogP contribution is 2.40. The molecule has 1 saturated carbocycles. The van der Waals surface area contributed by atoms with Crippen LogP contribution in [0.15, 0.2) is 0 Å². The van der Waals surface area contributed by atoms with Crippen molar-refractivity contribution < 1.29 is 9.90 Å². The smallest absolute Gasteiger partial charge is 0.323 e. The van der Waals surface area contributed by atoms with Crippen LogP contribution in [0.1, 0.15) is 13.3 Å². The molecule has 0 aliphatic heterocycles. The summed E-state index contributed by atoms with van der Waals surface area (Å²) in [6, 6.07) is 0. The van der Waals surface area contributed by atoms with Crippen molar-refractivity contribution in [2.24, 2.45) is 11.7 Å². The summed E-state index contributed by atoms with van der Waals surface area (Å²) in [4.78, 5) is 10.2. The lowest BCUT2D eigenvalue weighted by atomic mass is 10.2. The predicted octanol–water partition coefficient (Wildman–Crippen LogP) is -0.192. The van der Waals surface area contributed by atoms with Crippen molar-refractivity contribution in [3.63, 3.8) is 0 Å². The number of carboxylic acids is 1. The van der Waals surface area contributed by atoms with Crippen molar-refractivity contribution in [2.45, 2.75) is 18.9 Å². The van der Waals surface area contributed by atoms with Crippen LogP contribution in [-0.4, -0.2) is 16.6 Å². The van der Waals surface area contributed by atoms with Crippen LogP contribution >= 0.6 is 0 Å². The third-order valence-electron chi connectivity index (χ3n) is 1.76. The Bertz CT molecular complexity index is 134. The molecule has 3 nitrogen and oxygen atoms in total. The molecule has 0 amide bonds. The summed E-state index contributed by atoms with van der Waals surface area (Å²) in [7, 11) is 0. The maximum atomic E-state index is 10.2. The van der Waals surface area contributed by atoms with Gasteiger partial charge in [-0.05, 0) is 12.3 Å². The second kappa shape index (κ2) is 1.23. The number of hydrogen-bond donors (Lipinski definition) is 2. The van der Waals surface area contributed by atoms with Crippen molar-refractivity contribution >= 4 is 5.97 Å². The first-order valence-electron chi connectivity index (χ1n) is 2.59. The van der Waals surface area contributed by atoms with E-state index in [9.17, 15) is 4.79 Å². The molecule has 1 aliphatic carbocycles. The Kier molecular flexibility index (Phi) is 0.854. The number of aliphatic carboxylic acids is 1. The zero-order valence-electron chi connectivity index (χ0n) is 4.72. The molecule has 0 spiro atoms. The van der Waals surface area contributed by atoms with Gasteiger partial charge < -0.3 is 10.8 Å². The van der Waals surface area contributed by atoms with Crippen molar-refractivity contribution in [3.05, 3.63) is 0 Å². The lowest BCUT2D eigenvalue weighted by molar-refractivity contribution is -0.140. The number of carboxylic acid groups (broad SMARTS) is 1. The summed E-state index contributed by atoms with van der Waals surface area (Å²) >= 11 is 0. The van der Waals surface area contributed by atoms with Gasteiger partial charge >= 0.3 is 5.97 Å². The van der Waals surface area contributed by atoms with E-state index in [1.807, 2.05) is 6.92 Å². The summed E-state index contributed by atoms with van der Waals surface area (Å²) in [6.45, 7) is 1.84. The Morgan fingerprint density at radius 3 is 2.38 bits per heavy atom. The molecule has 0 saturated heterocycles. The van der Waals surface area contributed by atoms with Crippen molar-refractivity contribution in [2.75, 3.05) is 0 Å². The van der Waals surface area contributed by atoms with Gasteiger partial charge in [-0.2, -0.15) is 0 Å². The molecule has 0 heterocycles. The van der Waals surface area contributed by atoms with E-state index in [1.54, 1.807) is 0 Å². The van der Waals surface area contributed by atoms with Crippen LogP contribution < -0.4 is 5.73 Å². The largest absolute Gasteiger partial charge is 0.480 e. The van der Waals surface area contributed by atoms with E-state index in [1.165, 1.54) is 0 Å². The fourth-order valence-corrected chi connectivity index (χ4v) is 0.746. The third kappa shape index (κ3) is 0.512. The van der Waals surface area contributed by atoms with Gasteiger partial charge in [0.15, 0.2) is 0 Å². The quantitative estimate of drug-likeness (QED) is 0.497. The van der Waals surface area contributed by atoms with Gasteiger partial charge in [0.05, 0.1) is 0 Å². The first-order valence-corrected chi connectivity index (χ1v) is 2.59. The highest BCUT2D eigenvalue weighted by atomic mass is 16.4. The summed E-state index contributed by atoms with van der Waals surface area (Å²) in [5, 5.41) is 8.36. The molecule has 1 rings (SSSR count). The predicted molar refractivity (Wildman–Crippen MR) is 28.3 cm³/mol. The molecular weight excluding hydrogens is 106 g/mol. The fraction of sp³-hybridized carbons (Fsp3) is 0.800. The SMILES string of the molecule is C[C@H]1CC1(N)C(=O)O. The van der Waals surface area contributed by atoms with E-state index in [0.717, 1.165) is 0 Å². The number of nitrogens with two attached hydrogens (primary N) is 1. The van der Waals surface area contributed by atoms with E-state index < -0.39 is 11.5 Å². The third-order valence-corrected chi connectivity index (χ3v) is 1.76. The Hall–Kier alpha value is -0.570. The average Bonchev–Trinajstić information content (AvgIpc) is 2.17. The fourth-order valence-electron chi connectivity index (χ4n) is 0.746. The standard InChI is InChI=1S/C5H9NO2/c1-3-2-5(3,6)4(7)8/h3H,2,6H2,1H3,(H,7,8)/t3-,5?/m0/s1. The molecule has 3 N–H and O–H groups in total. The average molecular weight is 115 g/mol. The monoisotopic (exact) mass is 115 g/mol. The molecule has 8 heavy (non-hydrogen) atoms. The number of hydrogen-bond acceptors (Lipinski definition) is 2. The number of rotatable bonds is 1. The minimum absolute atomic E-state index is 0.167. The van der Waals surface area contributed by atoms with E-state index in [2.05, 4.69) is 0 Å². The van der Waals surface area contributed by atoms with E-state index in [4.69, 9.17) is 10.8 Å². The number of carbonyl (C=O) groups is 1. The van der Waals surface area contributed by atoms with Gasteiger partial charge in [-0.25, -0.2) is 0 Å². The van der Waals surface area contributed by atoms with Crippen LogP contribution in [0.25, 0.3) is 0 Å². The van der Waals surface area contributed by atoms with Crippen LogP contribution in [0.3, 0.4) is 0 Å². The molecule has 0 aromatic rings. The van der Waals surface area contributed by atoms with Gasteiger partial charge in [-0.3, -0.25) is 4.79 Å². The van der Waals surface area contributed by atoms with Gasteiger partial charge in [0, 0.05) is 0 Å². The summed E-state index contributed by atoms with van der Waals surface area (Å²) in [5.74, 6) is -0.704. The van der Waals surface area contributed by atoms with Gasteiger partial charge in [0.1, 0.15) is 5.54 Å². The van der Waals surface area contributed by atoms with Crippen molar-refractivity contribution in [1.29, 1.82) is 0 Å². The molecule has 2 atom stereocenters. The maximum Gasteiger partial charge on any atom is 0.323 e. The van der Waals surface area contributed by atoms with E-state index >= 15 is 0 Å². The lowest BCUT2D eigenvalue weighted by Gasteiger charge is -1.98. The Labute approximate surface area is 47.5 Å². The Morgan fingerprint density at radius 2 is 2.38 bits per heavy atom. The second-order valence-electron chi connectivity index (χ2n) is 2.45. The Morgan fingerprint density at radius 1 is 2.00 bits per heavy atom. The van der Waals surface area contributed by atoms with E-state index in [-0.39, 0.29) is 5.92 Å². The van der Waals surface area contributed by atoms with Gasteiger partial charge in [0.2, 0.25) is 0 Å².